The Kier molecular flexibility index (Phi) is 5.61. The fourth-order valence-corrected chi connectivity index (χ4v) is 4.94. The first-order valence-electron chi connectivity index (χ1n) is 10.6. The molecule has 3 aromatic carbocycles. The van der Waals surface area contributed by atoms with Gasteiger partial charge >= 0.3 is 6.18 Å². The first-order chi connectivity index (χ1) is 17.0. The molecule has 9 heteroatoms. The second kappa shape index (κ2) is 8.43. The first kappa shape index (κ1) is 24.0. The van der Waals surface area contributed by atoms with Gasteiger partial charge in [-0.1, -0.05) is 48.6 Å². The summed E-state index contributed by atoms with van der Waals surface area (Å²) in [5, 5.41) is 0. The van der Waals surface area contributed by atoms with Gasteiger partial charge in [0.1, 0.15) is 17.2 Å². The van der Waals surface area contributed by atoms with Crippen LogP contribution in [0.1, 0.15) is 33.7 Å². The van der Waals surface area contributed by atoms with Crippen LogP contribution in [0.15, 0.2) is 72.3 Å². The predicted octanol–water partition coefficient (Wildman–Crippen LogP) is 8.23. The minimum absolute atomic E-state index is 0.0343. The monoisotopic (exact) mass is 508 g/mol. The summed E-state index contributed by atoms with van der Waals surface area (Å²) in [6, 6.07) is 8.73. The Morgan fingerprint density at radius 3 is 2.00 bits per heavy atom. The lowest BCUT2D eigenvalue weighted by Gasteiger charge is -2.37. The van der Waals surface area contributed by atoms with Gasteiger partial charge in [0.15, 0.2) is 23.3 Å². The highest BCUT2D eigenvalue weighted by molar-refractivity contribution is 5.88. The second-order valence-corrected chi connectivity index (χ2v) is 8.33. The predicted molar refractivity (Wildman–Crippen MR) is 114 cm³/mol. The summed E-state index contributed by atoms with van der Waals surface area (Å²) < 4.78 is 127. The minimum Gasteiger partial charge on any atom is -0.207 e. The molecule has 0 aromatic heterocycles. The van der Waals surface area contributed by atoms with Crippen molar-refractivity contribution in [2.24, 2.45) is 5.92 Å². The van der Waals surface area contributed by atoms with E-state index in [9.17, 15) is 30.7 Å². The van der Waals surface area contributed by atoms with Crippen molar-refractivity contribution in [3.8, 4) is 0 Å². The zero-order valence-electron chi connectivity index (χ0n) is 17.9. The highest BCUT2D eigenvalue weighted by Crippen LogP contribution is 2.52. The van der Waals surface area contributed by atoms with Crippen LogP contribution in [0.3, 0.4) is 0 Å². The Labute approximate surface area is 198 Å². The van der Waals surface area contributed by atoms with Crippen LogP contribution >= 0.6 is 0 Å². The van der Waals surface area contributed by atoms with Gasteiger partial charge < -0.3 is 0 Å². The molecule has 0 spiro atoms. The van der Waals surface area contributed by atoms with E-state index >= 15 is 8.78 Å². The third-order valence-corrected chi connectivity index (χ3v) is 6.37. The molecule has 0 saturated heterocycles. The van der Waals surface area contributed by atoms with Gasteiger partial charge in [0.25, 0.3) is 0 Å². The van der Waals surface area contributed by atoms with E-state index in [0.29, 0.717) is 6.07 Å². The third kappa shape index (κ3) is 3.56. The first-order valence-corrected chi connectivity index (χ1v) is 10.6. The minimum atomic E-state index is -5.68. The summed E-state index contributed by atoms with van der Waals surface area (Å²) >= 11 is 0. The molecule has 0 radical (unpaired) electrons. The van der Waals surface area contributed by atoms with Crippen molar-refractivity contribution in [2.75, 3.05) is 0 Å². The Morgan fingerprint density at radius 1 is 0.694 bits per heavy atom. The Balaban J connectivity index is 1.84. The quantitative estimate of drug-likeness (QED) is 0.242. The standard InChI is InChI=1S/C27H13F9/c28-12-9-10-17(18(29)11-12)19-13-5-1-3-7-15(13)20(16-8-4-2-6-14(16)19)21-23(30)25(32)22(27(34,35)36)26(33)24(21)31/h1-11,15,20H. The van der Waals surface area contributed by atoms with Gasteiger partial charge in [0, 0.05) is 29.0 Å². The molecule has 2 aliphatic rings. The van der Waals surface area contributed by atoms with Crippen molar-refractivity contribution in [1.82, 2.24) is 0 Å². The van der Waals surface area contributed by atoms with Crippen LogP contribution in [0.25, 0.3) is 5.57 Å². The van der Waals surface area contributed by atoms with Crippen LogP contribution in [-0.2, 0) is 6.18 Å². The summed E-state index contributed by atoms with van der Waals surface area (Å²) in [7, 11) is 0. The van der Waals surface area contributed by atoms with Crippen molar-refractivity contribution in [3.63, 3.8) is 0 Å². The molecule has 2 atom stereocenters. The molecule has 0 fully saturated rings. The zero-order valence-corrected chi connectivity index (χ0v) is 17.9. The number of hydrogen-bond acceptors (Lipinski definition) is 0. The van der Waals surface area contributed by atoms with Gasteiger partial charge in [0.05, 0.1) is 0 Å². The summed E-state index contributed by atoms with van der Waals surface area (Å²) in [5.74, 6) is -13.7. The van der Waals surface area contributed by atoms with Crippen LogP contribution in [0.2, 0.25) is 0 Å². The van der Waals surface area contributed by atoms with E-state index in [1.165, 1.54) is 48.6 Å². The van der Waals surface area contributed by atoms with Gasteiger partial charge in [-0.2, -0.15) is 13.2 Å². The maximum atomic E-state index is 15.2. The number of fused-ring (bicyclic) bond motifs is 2. The maximum absolute atomic E-state index is 15.2. The lowest BCUT2D eigenvalue weighted by Crippen LogP contribution is -2.27. The second-order valence-electron chi connectivity index (χ2n) is 8.33. The summed E-state index contributed by atoms with van der Waals surface area (Å²) in [6.07, 6.45) is 0.298. The highest BCUT2D eigenvalue weighted by atomic mass is 19.4. The average molecular weight is 508 g/mol. The van der Waals surface area contributed by atoms with Gasteiger partial charge in [0.2, 0.25) is 0 Å². The molecular weight excluding hydrogens is 495 g/mol. The molecule has 0 saturated carbocycles. The van der Waals surface area contributed by atoms with Crippen molar-refractivity contribution >= 4 is 5.57 Å². The topological polar surface area (TPSA) is 0 Å². The van der Waals surface area contributed by atoms with Crippen LogP contribution in [-0.4, -0.2) is 0 Å². The van der Waals surface area contributed by atoms with Crippen molar-refractivity contribution in [1.29, 1.82) is 0 Å². The lowest BCUT2D eigenvalue weighted by molar-refractivity contribution is -0.143. The van der Waals surface area contributed by atoms with Crippen molar-refractivity contribution in [2.45, 2.75) is 12.1 Å². The van der Waals surface area contributed by atoms with Crippen LogP contribution in [0.4, 0.5) is 39.5 Å². The lowest BCUT2D eigenvalue weighted by atomic mass is 9.66. The van der Waals surface area contributed by atoms with Crippen molar-refractivity contribution < 1.29 is 39.5 Å². The SMILES string of the molecule is Fc1ccc(C2=C3C=CC=CC3C(c3c(F)c(F)c(C(F)(F)F)c(F)c3F)c3ccccc32)c(F)c1. The fourth-order valence-electron chi connectivity index (χ4n) is 4.94. The molecule has 0 nitrogen and oxygen atoms in total. The number of benzene rings is 3. The molecule has 2 unspecified atom stereocenters. The number of allylic oxidation sites excluding steroid dienone is 5. The third-order valence-electron chi connectivity index (χ3n) is 6.37. The van der Waals surface area contributed by atoms with E-state index in [2.05, 4.69) is 0 Å². The molecular formula is C27H13F9. The Morgan fingerprint density at radius 2 is 1.36 bits per heavy atom. The summed E-state index contributed by atoms with van der Waals surface area (Å²) in [5.41, 5.74) is -3.06. The molecule has 0 heterocycles. The molecule has 2 aliphatic carbocycles. The van der Waals surface area contributed by atoms with E-state index in [4.69, 9.17) is 0 Å². The summed E-state index contributed by atoms with van der Waals surface area (Å²) in [6.45, 7) is 0. The van der Waals surface area contributed by atoms with E-state index in [1.54, 1.807) is 6.08 Å². The van der Waals surface area contributed by atoms with E-state index in [0.717, 1.165) is 6.07 Å². The average Bonchev–Trinajstić information content (AvgIpc) is 2.82. The van der Waals surface area contributed by atoms with Crippen LogP contribution in [0.5, 0.6) is 0 Å². The highest BCUT2D eigenvalue weighted by Gasteiger charge is 2.46. The molecule has 0 bridgehead atoms. The fraction of sp³-hybridized carbons (Fsp3) is 0.111. The molecule has 0 amide bonds. The van der Waals surface area contributed by atoms with E-state index in [-0.39, 0.29) is 27.8 Å². The zero-order chi connectivity index (χ0) is 25.9. The number of rotatable bonds is 2. The molecule has 0 aliphatic heterocycles. The number of hydrogen-bond donors (Lipinski definition) is 0. The van der Waals surface area contributed by atoms with E-state index in [1.807, 2.05) is 0 Å². The van der Waals surface area contributed by atoms with Gasteiger partial charge in [-0.25, -0.2) is 26.3 Å². The molecule has 3 aromatic rings. The normalized spacial score (nSPS) is 18.9. The Bertz CT molecular complexity index is 1460. The largest absolute Gasteiger partial charge is 0.422 e. The van der Waals surface area contributed by atoms with Gasteiger partial charge in [-0.3, -0.25) is 0 Å². The Hall–Kier alpha value is -3.75. The van der Waals surface area contributed by atoms with Gasteiger partial charge in [-0.05, 0) is 34.4 Å². The van der Waals surface area contributed by atoms with E-state index < -0.39 is 64.0 Å². The summed E-state index contributed by atoms with van der Waals surface area (Å²) in [4.78, 5) is 0. The molecule has 5 rings (SSSR count). The number of alkyl halides is 3. The maximum Gasteiger partial charge on any atom is 0.422 e. The van der Waals surface area contributed by atoms with Crippen LogP contribution < -0.4 is 0 Å². The van der Waals surface area contributed by atoms with Crippen LogP contribution in [0, 0.1) is 40.8 Å². The smallest absolute Gasteiger partial charge is 0.207 e. The molecule has 184 valence electrons. The van der Waals surface area contributed by atoms with Gasteiger partial charge in [-0.15, -0.1) is 0 Å². The van der Waals surface area contributed by atoms with Crippen molar-refractivity contribution in [3.05, 3.63) is 135 Å². The molecule has 0 N–H and O–H groups in total. The molecule has 36 heavy (non-hydrogen) atoms. The number of halogens is 9.